The van der Waals surface area contributed by atoms with E-state index in [0.29, 0.717) is 30.0 Å². The Morgan fingerprint density at radius 1 is 1.17 bits per heavy atom. The van der Waals surface area contributed by atoms with E-state index < -0.39 is 5.60 Å². The van der Waals surface area contributed by atoms with Crippen molar-refractivity contribution >= 4 is 23.6 Å². The number of amides is 1. The van der Waals surface area contributed by atoms with Gasteiger partial charge in [-0.15, -0.1) is 0 Å². The van der Waals surface area contributed by atoms with Gasteiger partial charge in [-0.3, -0.25) is 9.69 Å². The number of rotatable bonds is 4. The molecule has 0 aliphatic carbocycles. The molecule has 36 heavy (non-hydrogen) atoms. The monoisotopic (exact) mass is 509 g/mol. The van der Waals surface area contributed by atoms with Crippen molar-refractivity contribution in [3.63, 3.8) is 0 Å². The van der Waals surface area contributed by atoms with Crippen LogP contribution in [0.2, 0.25) is 5.02 Å². The molecular weight excluding hydrogens is 477 g/mol. The molecule has 0 unspecified atom stereocenters. The van der Waals surface area contributed by atoms with E-state index in [1.165, 1.54) is 12.1 Å². The van der Waals surface area contributed by atoms with E-state index in [9.17, 15) is 14.3 Å². The summed E-state index contributed by atoms with van der Waals surface area (Å²) in [6, 6.07) is 12.0. The number of hydrogen-bond donors (Lipinski definition) is 1. The van der Waals surface area contributed by atoms with Gasteiger partial charge in [-0.25, -0.2) is 4.39 Å². The zero-order valence-electron chi connectivity index (χ0n) is 20.9. The molecule has 4 rings (SSSR count). The van der Waals surface area contributed by atoms with Gasteiger partial charge in [-0.2, -0.15) is 0 Å². The lowest BCUT2D eigenvalue weighted by Gasteiger charge is -2.39. The van der Waals surface area contributed by atoms with Crippen LogP contribution in [0.4, 0.5) is 4.39 Å². The van der Waals surface area contributed by atoms with Gasteiger partial charge in [0.05, 0.1) is 0 Å². The predicted octanol–water partition coefficient (Wildman–Crippen LogP) is 4.03. The first-order chi connectivity index (χ1) is 17.2. The van der Waals surface area contributed by atoms with E-state index in [0.717, 1.165) is 43.9 Å². The minimum atomic E-state index is -1.01. The normalized spacial score (nSPS) is 20.8. The summed E-state index contributed by atoms with van der Waals surface area (Å²) in [7, 11) is 2.04. The van der Waals surface area contributed by atoms with E-state index in [4.69, 9.17) is 11.6 Å². The second-order valence-electron chi connectivity index (χ2n) is 9.89. The highest BCUT2D eigenvalue weighted by Gasteiger charge is 2.29. The number of aliphatic hydroxyl groups is 1. The van der Waals surface area contributed by atoms with Crippen LogP contribution in [0.1, 0.15) is 36.5 Å². The fraction of sp³-hybridized carbons (Fsp3) is 0.414. The van der Waals surface area contributed by atoms with Crippen LogP contribution < -0.4 is 0 Å². The van der Waals surface area contributed by atoms with Gasteiger partial charge in [-0.05, 0) is 55.4 Å². The van der Waals surface area contributed by atoms with Crippen molar-refractivity contribution < 1.29 is 14.3 Å². The molecule has 0 aromatic heterocycles. The fourth-order valence-corrected chi connectivity index (χ4v) is 4.86. The lowest BCUT2D eigenvalue weighted by Crippen LogP contribution is -2.53. The summed E-state index contributed by atoms with van der Waals surface area (Å²) in [5.74, 6) is 5.88. The molecule has 0 spiro atoms. The number of likely N-dealkylation sites (tertiary alicyclic amines) is 1. The fourth-order valence-electron chi connectivity index (χ4n) is 4.69. The van der Waals surface area contributed by atoms with Crippen molar-refractivity contribution in [1.82, 2.24) is 14.7 Å². The number of hydrogen-bond acceptors (Lipinski definition) is 4. The van der Waals surface area contributed by atoms with Crippen LogP contribution >= 0.6 is 11.6 Å². The predicted molar refractivity (Wildman–Crippen MR) is 142 cm³/mol. The Kier molecular flexibility index (Phi) is 8.48. The molecule has 1 atom stereocenters. The summed E-state index contributed by atoms with van der Waals surface area (Å²) in [5.41, 5.74) is 1.54. The first-order valence-electron chi connectivity index (χ1n) is 12.4. The highest BCUT2D eigenvalue weighted by Crippen LogP contribution is 2.22. The molecule has 2 aliphatic heterocycles. The Morgan fingerprint density at radius 2 is 1.89 bits per heavy atom. The summed E-state index contributed by atoms with van der Waals surface area (Å²) in [5, 5.41) is 11.4. The van der Waals surface area contributed by atoms with Crippen molar-refractivity contribution in [2.24, 2.45) is 0 Å². The van der Waals surface area contributed by atoms with Gasteiger partial charge in [-0.1, -0.05) is 41.6 Å². The molecule has 1 amide bonds. The number of carbonyl (C=O) groups excluding carboxylic acids is 1. The number of nitrogens with zero attached hydrogens (tertiary/aromatic N) is 3. The molecule has 2 aromatic rings. The van der Waals surface area contributed by atoms with Crippen LogP contribution in [0.25, 0.3) is 6.08 Å². The van der Waals surface area contributed by atoms with E-state index in [2.05, 4.69) is 21.6 Å². The first-order valence-corrected chi connectivity index (χ1v) is 12.8. The summed E-state index contributed by atoms with van der Waals surface area (Å²) in [4.78, 5) is 19.4. The number of halogens is 2. The van der Waals surface area contributed by atoms with E-state index >= 15 is 0 Å². The summed E-state index contributed by atoms with van der Waals surface area (Å²) in [6.07, 6.45) is 4.57. The van der Waals surface area contributed by atoms with Crippen LogP contribution in [0.5, 0.6) is 0 Å². The van der Waals surface area contributed by atoms with E-state index in [1.807, 2.05) is 24.9 Å². The number of carbonyl (C=O) groups is 1. The lowest BCUT2D eigenvalue weighted by atomic mass is 9.92. The second kappa shape index (κ2) is 11.6. The summed E-state index contributed by atoms with van der Waals surface area (Å²) < 4.78 is 13.2. The number of piperidine rings is 1. The smallest absolute Gasteiger partial charge is 0.246 e. The quantitative estimate of drug-likeness (QED) is 0.499. The van der Waals surface area contributed by atoms with E-state index in [1.54, 1.807) is 36.4 Å². The maximum Gasteiger partial charge on any atom is 0.246 e. The molecule has 2 fully saturated rings. The van der Waals surface area contributed by atoms with Gasteiger partial charge in [0.1, 0.15) is 11.4 Å². The Labute approximate surface area is 218 Å². The SMILES string of the molecule is C[C@@H]1CN(Cc2ccc(F)cc2)CCN1C(=O)C=Cc1ccc(Cl)cc1C#CC1(O)CCN(C)CC1. The maximum atomic E-state index is 13.2. The average molecular weight is 510 g/mol. The van der Waals surface area contributed by atoms with Crippen molar-refractivity contribution in [2.45, 2.75) is 38.0 Å². The van der Waals surface area contributed by atoms with Crippen LogP contribution in [0.3, 0.4) is 0 Å². The number of piperazine rings is 1. The third-order valence-corrected chi connectivity index (χ3v) is 7.21. The molecule has 0 bridgehead atoms. The Balaban J connectivity index is 1.40. The minimum absolute atomic E-state index is 0.0493. The van der Waals surface area contributed by atoms with Gasteiger partial charge < -0.3 is 14.9 Å². The molecule has 1 N–H and O–H groups in total. The van der Waals surface area contributed by atoms with Crippen molar-refractivity contribution in [1.29, 1.82) is 0 Å². The molecule has 2 aromatic carbocycles. The lowest BCUT2D eigenvalue weighted by molar-refractivity contribution is -0.130. The van der Waals surface area contributed by atoms with Crippen molar-refractivity contribution in [3.8, 4) is 11.8 Å². The van der Waals surface area contributed by atoms with Gasteiger partial charge in [0.2, 0.25) is 5.91 Å². The summed E-state index contributed by atoms with van der Waals surface area (Å²) >= 11 is 6.22. The Hall–Kier alpha value is -2.69. The molecule has 2 saturated heterocycles. The molecule has 190 valence electrons. The van der Waals surface area contributed by atoms with Gasteiger partial charge in [0, 0.05) is 74.8 Å². The molecular formula is C29H33ClFN3O2. The molecule has 0 saturated carbocycles. The van der Waals surface area contributed by atoms with Gasteiger partial charge >= 0.3 is 0 Å². The van der Waals surface area contributed by atoms with Crippen molar-refractivity contribution in [3.05, 3.63) is 76.1 Å². The van der Waals surface area contributed by atoms with Gasteiger partial charge in [0.15, 0.2) is 0 Å². The summed E-state index contributed by atoms with van der Waals surface area (Å²) in [6.45, 7) is 6.52. The first kappa shape index (κ1) is 26.4. The highest BCUT2D eigenvalue weighted by atomic mass is 35.5. The highest BCUT2D eigenvalue weighted by molar-refractivity contribution is 6.30. The zero-order valence-corrected chi connectivity index (χ0v) is 21.6. The Morgan fingerprint density at radius 3 is 2.58 bits per heavy atom. The largest absolute Gasteiger partial charge is 0.377 e. The topological polar surface area (TPSA) is 47.0 Å². The third-order valence-electron chi connectivity index (χ3n) is 6.98. The zero-order chi connectivity index (χ0) is 25.7. The molecule has 5 nitrogen and oxygen atoms in total. The molecule has 2 heterocycles. The van der Waals surface area contributed by atoms with Crippen molar-refractivity contribution in [2.75, 3.05) is 39.8 Å². The van der Waals surface area contributed by atoms with Crippen LogP contribution in [0.15, 0.2) is 48.5 Å². The third kappa shape index (κ3) is 6.96. The van der Waals surface area contributed by atoms with E-state index in [-0.39, 0.29) is 17.8 Å². The average Bonchev–Trinajstić information content (AvgIpc) is 2.85. The van der Waals surface area contributed by atoms with Crippen LogP contribution in [-0.2, 0) is 11.3 Å². The Bertz CT molecular complexity index is 1160. The maximum absolute atomic E-state index is 13.2. The second-order valence-corrected chi connectivity index (χ2v) is 10.3. The van der Waals surface area contributed by atoms with Crippen LogP contribution in [-0.4, -0.2) is 77.1 Å². The molecule has 2 aliphatic rings. The molecule has 7 heteroatoms. The van der Waals surface area contributed by atoms with Crippen LogP contribution in [0, 0.1) is 17.7 Å². The molecule has 0 radical (unpaired) electrons. The minimum Gasteiger partial charge on any atom is -0.377 e. The van der Waals surface area contributed by atoms with Gasteiger partial charge in [0.25, 0.3) is 0 Å². The standard InChI is InChI=1S/C29H33ClFN3O2/c1-22-20-33(21-23-3-8-27(31)9-4-23)17-18-34(22)28(35)10-6-24-5-7-26(30)19-25(24)11-12-29(36)13-15-32(2)16-14-29/h3-10,19,22,36H,13-18,20-21H2,1-2H3/t22-/m1/s1. The number of benzene rings is 2.